The Morgan fingerprint density at radius 2 is 2.15 bits per heavy atom. The van der Waals surface area contributed by atoms with Crippen LogP contribution in [-0.2, 0) is 22.6 Å². The summed E-state index contributed by atoms with van der Waals surface area (Å²) in [7, 11) is 0. The SMILES string of the molecule is CC(NC(=O)O)C(=O)N1c2ccccc2CC1C(=O)NCc1nn[nH]n1. The number of benzene rings is 1. The van der Waals surface area contributed by atoms with Gasteiger partial charge in [0.2, 0.25) is 11.8 Å². The molecule has 1 aromatic heterocycles. The van der Waals surface area contributed by atoms with Crippen molar-refractivity contribution in [2.45, 2.75) is 32.0 Å². The molecule has 2 aromatic rings. The maximum atomic E-state index is 12.8. The van der Waals surface area contributed by atoms with E-state index in [0.29, 0.717) is 17.9 Å². The average molecular weight is 359 g/mol. The lowest BCUT2D eigenvalue weighted by molar-refractivity contribution is -0.126. The summed E-state index contributed by atoms with van der Waals surface area (Å²) in [6.45, 7) is 1.50. The van der Waals surface area contributed by atoms with E-state index >= 15 is 0 Å². The van der Waals surface area contributed by atoms with E-state index in [1.165, 1.54) is 11.8 Å². The van der Waals surface area contributed by atoms with Gasteiger partial charge in [-0.05, 0) is 18.6 Å². The van der Waals surface area contributed by atoms with Gasteiger partial charge in [0.1, 0.15) is 12.1 Å². The fourth-order valence-electron chi connectivity index (χ4n) is 2.87. The molecule has 1 aliphatic heterocycles. The van der Waals surface area contributed by atoms with E-state index in [-0.39, 0.29) is 12.5 Å². The normalized spacial score (nSPS) is 16.7. The van der Waals surface area contributed by atoms with Crippen LogP contribution >= 0.6 is 0 Å². The van der Waals surface area contributed by atoms with Gasteiger partial charge < -0.3 is 15.7 Å². The molecule has 1 aromatic carbocycles. The lowest BCUT2D eigenvalue weighted by Gasteiger charge is -2.27. The summed E-state index contributed by atoms with van der Waals surface area (Å²) in [5.74, 6) is -0.577. The van der Waals surface area contributed by atoms with Crippen molar-refractivity contribution in [2.24, 2.45) is 0 Å². The number of carbonyl (C=O) groups excluding carboxylic acids is 2. The van der Waals surface area contributed by atoms with Crippen molar-refractivity contribution in [1.29, 1.82) is 0 Å². The van der Waals surface area contributed by atoms with Gasteiger partial charge in [-0.25, -0.2) is 4.79 Å². The van der Waals surface area contributed by atoms with E-state index in [1.807, 2.05) is 12.1 Å². The average Bonchev–Trinajstić information content (AvgIpc) is 3.25. The molecule has 0 saturated heterocycles. The summed E-state index contributed by atoms with van der Waals surface area (Å²) < 4.78 is 0. The third-order valence-corrected chi connectivity index (χ3v) is 4.04. The maximum Gasteiger partial charge on any atom is 0.405 e. The first-order chi connectivity index (χ1) is 12.5. The quantitative estimate of drug-likeness (QED) is 0.557. The van der Waals surface area contributed by atoms with Crippen LogP contribution in [0.1, 0.15) is 18.3 Å². The second kappa shape index (κ2) is 7.17. The second-order valence-electron chi connectivity index (χ2n) is 5.77. The molecule has 0 spiro atoms. The van der Waals surface area contributed by atoms with Gasteiger partial charge in [0.25, 0.3) is 0 Å². The highest BCUT2D eigenvalue weighted by molar-refractivity contribution is 6.06. The Hall–Kier alpha value is -3.50. The van der Waals surface area contributed by atoms with E-state index in [4.69, 9.17) is 5.11 Å². The molecule has 0 bridgehead atoms. The molecule has 1 aliphatic rings. The van der Waals surface area contributed by atoms with Crippen LogP contribution in [0.3, 0.4) is 0 Å². The summed E-state index contributed by atoms with van der Waals surface area (Å²) in [6.07, 6.45) is -0.976. The largest absolute Gasteiger partial charge is 0.465 e. The minimum Gasteiger partial charge on any atom is -0.465 e. The fourth-order valence-corrected chi connectivity index (χ4v) is 2.87. The van der Waals surface area contributed by atoms with Gasteiger partial charge in [-0.3, -0.25) is 14.5 Å². The monoisotopic (exact) mass is 359 g/mol. The highest BCUT2D eigenvalue weighted by atomic mass is 16.4. The molecule has 136 valence electrons. The predicted octanol–water partition coefficient (Wildman–Crippen LogP) is -0.570. The van der Waals surface area contributed by atoms with Crippen LogP contribution in [0.5, 0.6) is 0 Å². The highest BCUT2D eigenvalue weighted by Crippen LogP contribution is 2.32. The van der Waals surface area contributed by atoms with Crippen LogP contribution in [0, 0.1) is 0 Å². The summed E-state index contributed by atoms with van der Waals surface area (Å²) >= 11 is 0. The van der Waals surface area contributed by atoms with E-state index in [9.17, 15) is 14.4 Å². The van der Waals surface area contributed by atoms with Gasteiger partial charge in [-0.2, -0.15) is 5.21 Å². The van der Waals surface area contributed by atoms with E-state index < -0.39 is 24.1 Å². The van der Waals surface area contributed by atoms with Crippen molar-refractivity contribution in [3.63, 3.8) is 0 Å². The first-order valence-electron chi connectivity index (χ1n) is 7.88. The number of fused-ring (bicyclic) bond motifs is 1. The number of aromatic nitrogens is 4. The van der Waals surface area contributed by atoms with Crippen molar-refractivity contribution in [2.75, 3.05) is 4.90 Å². The minimum atomic E-state index is -1.31. The summed E-state index contributed by atoms with van der Waals surface area (Å²) in [5.41, 5.74) is 1.43. The Morgan fingerprint density at radius 3 is 2.85 bits per heavy atom. The smallest absolute Gasteiger partial charge is 0.405 e. The van der Waals surface area contributed by atoms with Crippen molar-refractivity contribution >= 4 is 23.6 Å². The van der Waals surface area contributed by atoms with Gasteiger partial charge in [-0.1, -0.05) is 23.4 Å². The number of nitrogens with one attached hydrogen (secondary N) is 3. The van der Waals surface area contributed by atoms with Crippen LogP contribution in [0.15, 0.2) is 24.3 Å². The number of hydrogen-bond donors (Lipinski definition) is 4. The Labute approximate surface area is 147 Å². The lowest BCUT2D eigenvalue weighted by Crippen LogP contribution is -2.53. The lowest BCUT2D eigenvalue weighted by atomic mass is 10.1. The number of H-pyrrole nitrogens is 1. The summed E-state index contributed by atoms with van der Waals surface area (Å²) in [5, 5.41) is 26.8. The molecule has 0 radical (unpaired) electrons. The number of carbonyl (C=O) groups is 3. The zero-order valence-electron chi connectivity index (χ0n) is 13.8. The summed E-state index contributed by atoms with van der Waals surface area (Å²) in [4.78, 5) is 37.6. The van der Waals surface area contributed by atoms with Gasteiger partial charge in [0, 0.05) is 12.1 Å². The molecule has 26 heavy (non-hydrogen) atoms. The maximum absolute atomic E-state index is 12.8. The molecule has 4 N–H and O–H groups in total. The van der Waals surface area contributed by atoms with Crippen molar-refractivity contribution in [3.05, 3.63) is 35.7 Å². The number of hydrogen-bond acceptors (Lipinski definition) is 6. The molecule has 11 heteroatoms. The molecule has 2 atom stereocenters. The van der Waals surface area contributed by atoms with Crippen LogP contribution in [0.25, 0.3) is 0 Å². The van der Waals surface area contributed by atoms with Gasteiger partial charge in [0.05, 0.1) is 6.54 Å². The molecule has 0 fully saturated rings. The minimum absolute atomic E-state index is 0.0626. The van der Waals surface area contributed by atoms with E-state index in [2.05, 4.69) is 31.3 Å². The van der Waals surface area contributed by atoms with Crippen LogP contribution < -0.4 is 15.5 Å². The van der Waals surface area contributed by atoms with Crippen molar-refractivity contribution < 1.29 is 19.5 Å². The second-order valence-corrected chi connectivity index (χ2v) is 5.77. The summed E-state index contributed by atoms with van der Waals surface area (Å²) in [6, 6.07) is 5.36. The Kier molecular flexibility index (Phi) is 4.78. The van der Waals surface area contributed by atoms with Crippen molar-refractivity contribution in [3.8, 4) is 0 Å². The molecule has 0 aliphatic carbocycles. The Balaban J connectivity index is 1.80. The highest BCUT2D eigenvalue weighted by Gasteiger charge is 2.40. The third kappa shape index (κ3) is 3.45. The van der Waals surface area contributed by atoms with Crippen molar-refractivity contribution in [1.82, 2.24) is 31.3 Å². The number of nitrogens with zero attached hydrogens (tertiary/aromatic N) is 4. The fraction of sp³-hybridized carbons (Fsp3) is 0.333. The van der Waals surface area contributed by atoms with E-state index in [0.717, 1.165) is 5.56 Å². The number of aromatic amines is 1. The number of para-hydroxylation sites is 1. The molecule has 11 nitrogen and oxygen atoms in total. The topological polar surface area (TPSA) is 153 Å². The van der Waals surface area contributed by atoms with Gasteiger partial charge in [-0.15, -0.1) is 10.2 Å². The molecular formula is C15H17N7O4. The third-order valence-electron chi connectivity index (χ3n) is 4.04. The van der Waals surface area contributed by atoms with Crippen LogP contribution in [-0.4, -0.2) is 55.7 Å². The predicted molar refractivity (Wildman–Crippen MR) is 88.1 cm³/mol. The first-order valence-corrected chi connectivity index (χ1v) is 7.88. The van der Waals surface area contributed by atoms with Crippen LogP contribution in [0.4, 0.5) is 10.5 Å². The number of rotatable bonds is 5. The Bertz CT molecular complexity index is 823. The zero-order valence-corrected chi connectivity index (χ0v) is 13.8. The van der Waals surface area contributed by atoms with E-state index in [1.54, 1.807) is 12.1 Å². The molecule has 2 unspecified atom stereocenters. The number of tetrazole rings is 1. The molecule has 0 saturated carbocycles. The molecular weight excluding hydrogens is 342 g/mol. The number of anilines is 1. The standard InChI is InChI=1S/C15H17N7O4/c1-8(17-15(25)26)14(24)22-10-5-3-2-4-9(10)6-11(22)13(23)16-7-12-18-20-21-19-12/h2-5,8,11,17H,6-7H2,1H3,(H,16,23)(H,25,26)(H,18,19,20,21). The molecule has 3 amide bonds. The first kappa shape index (κ1) is 17.3. The number of carboxylic acid groups (broad SMARTS) is 1. The van der Waals surface area contributed by atoms with Crippen LogP contribution in [0.2, 0.25) is 0 Å². The van der Waals surface area contributed by atoms with Gasteiger partial charge in [0.15, 0.2) is 5.82 Å². The number of amides is 3. The zero-order chi connectivity index (χ0) is 18.7. The molecule has 2 heterocycles. The molecule has 3 rings (SSSR count). The van der Waals surface area contributed by atoms with Gasteiger partial charge >= 0.3 is 6.09 Å². The Morgan fingerprint density at radius 1 is 1.38 bits per heavy atom.